The Morgan fingerprint density at radius 3 is 2.65 bits per heavy atom. The molecule has 1 aromatic rings. The fourth-order valence-corrected chi connectivity index (χ4v) is 2.56. The van der Waals surface area contributed by atoms with Crippen LogP contribution in [0.15, 0.2) is 10.9 Å². The molecule has 0 aliphatic heterocycles. The first-order valence-corrected chi connectivity index (χ1v) is 6.00. The van der Waals surface area contributed by atoms with Crippen LogP contribution in [-0.4, -0.2) is 9.67 Å². The van der Waals surface area contributed by atoms with Crippen molar-refractivity contribution < 1.29 is 5.11 Å². The molecule has 1 saturated carbocycles. The fourth-order valence-electron chi connectivity index (χ4n) is 2.56. The number of aromatic hydroxyl groups is 1. The van der Waals surface area contributed by atoms with E-state index in [9.17, 15) is 9.90 Å². The van der Waals surface area contributed by atoms with E-state index in [0.29, 0.717) is 5.56 Å². The SMILES string of the molecule is Cc1cc(=O)n(C2CCCCC2)c(O)c1C#N. The maximum atomic E-state index is 11.9. The summed E-state index contributed by atoms with van der Waals surface area (Å²) in [7, 11) is 0. The lowest BCUT2D eigenvalue weighted by atomic mass is 9.95. The molecule has 1 fully saturated rings. The van der Waals surface area contributed by atoms with Gasteiger partial charge in [0.05, 0.1) is 0 Å². The van der Waals surface area contributed by atoms with E-state index in [0.717, 1.165) is 25.7 Å². The molecule has 0 spiro atoms. The van der Waals surface area contributed by atoms with E-state index in [-0.39, 0.29) is 23.0 Å². The highest BCUT2D eigenvalue weighted by Gasteiger charge is 2.21. The summed E-state index contributed by atoms with van der Waals surface area (Å²) in [6.45, 7) is 1.67. The number of rotatable bonds is 1. The van der Waals surface area contributed by atoms with Crippen molar-refractivity contribution in [3.8, 4) is 11.9 Å². The van der Waals surface area contributed by atoms with Crippen LogP contribution in [0.4, 0.5) is 0 Å². The first kappa shape index (κ1) is 11.7. The third kappa shape index (κ3) is 2.05. The fraction of sp³-hybridized carbons (Fsp3) is 0.538. The zero-order valence-electron chi connectivity index (χ0n) is 9.94. The molecule has 1 N–H and O–H groups in total. The summed E-state index contributed by atoms with van der Waals surface area (Å²) in [5.74, 6) is -0.163. The van der Waals surface area contributed by atoms with Crippen molar-refractivity contribution >= 4 is 0 Å². The van der Waals surface area contributed by atoms with Crippen LogP contribution in [0.1, 0.15) is 49.3 Å². The Morgan fingerprint density at radius 1 is 1.41 bits per heavy atom. The molecule has 0 radical (unpaired) electrons. The minimum absolute atomic E-state index is 0.0453. The Balaban J connectivity index is 2.53. The summed E-state index contributed by atoms with van der Waals surface area (Å²) < 4.78 is 1.39. The van der Waals surface area contributed by atoms with E-state index >= 15 is 0 Å². The largest absolute Gasteiger partial charge is 0.493 e. The summed E-state index contributed by atoms with van der Waals surface area (Å²) in [6.07, 6.45) is 5.14. The Hall–Kier alpha value is -1.76. The van der Waals surface area contributed by atoms with Crippen LogP contribution in [0.3, 0.4) is 0 Å². The minimum atomic E-state index is -0.203. The van der Waals surface area contributed by atoms with Gasteiger partial charge in [-0.2, -0.15) is 5.26 Å². The predicted octanol–water partition coefficient (Wildman–Crippen LogP) is 2.24. The second kappa shape index (κ2) is 4.62. The van der Waals surface area contributed by atoms with Crippen LogP contribution in [0, 0.1) is 18.3 Å². The molecule has 0 bridgehead atoms. The van der Waals surface area contributed by atoms with E-state index in [1.54, 1.807) is 6.92 Å². The molecule has 1 aliphatic rings. The molecular formula is C13H16N2O2. The molecule has 17 heavy (non-hydrogen) atoms. The van der Waals surface area contributed by atoms with Gasteiger partial charge in [-0.05, 0) is 25.3 Å². The topological polar surface area (TPSA) is 66.0 Å². The number of nitriles is 1. The summed E-state index contributed by atoms with van der Waals surface area (Å²) in [4.78, 5) is 11.9. The van der Waals surface area contributed by atoms with Gasteiger partial charge in [-0.3, -0.25) is 9.36 Å². The minimum Gasteiger partial charge on any atom is -0.493 e. The first-order valence-electron chi connectivity index (χ1n) is 6.00. The Bertz CT molecular complexity index is 519. The molecule has 0 aromatic carbocycles. The number of nitrogens with zero attached hydrogens (tertiary/aromatic N) is 2. The van der Waals surface area contributed by atoms with Crippen molar-refractivity contribution in [2.75, 3.05) is 0 Å². The highest BCUT2D eigenvalue weighted by Crippen LogP contribution is 2.31. The Morgan fingerprint density at radius 2 is 2.06 bits per heavy atom. The smallest absolute Gasteiger partial charge is 0.253 e. The summed E-state index contributed by atoms with van der Waals surface area (Å²) in [5, 5.41) is 19.0. The van der Waals surface area contributed by atoms with Gasteiger partial charge in [0.2, 0.25) is 5.88 Å². The predicted molar refractivity (Wildman–Crippen MR) is 63.9 cm³/mol. The zero-order valence-corrected chi connectivity index (χ0v) is 9.94. The van der Waals surface area contributed by atoms with Crippen LogP contribution in [0.5, 0.6) is 5.88 Å². The van der Waals surface area contributed by atoms with E-state index in [1.165, 1.54) is 17.1 Å². The first-order chi connectivity index (χ1) is 8.15. The summed E-state index contributed by atoms with van der Waals surface area (Å²) >= 11 is 0. The number of hydrogen-bond acceptors (Lipinski definition) is 3. The number of aryl methyl sites for hydroxylation is 1. The van der Waals surface area contributed by atoms with Gasteiger partial charge in [0.15, 0.2) is 0 Å². The van der Waals surface area contributed by atoms with Gasteiger partial charge < -0.3 is 5.11 Å². The van der Waals surface area contributed by atoms with Crippen LogP contribution in [0.25, 0.3) is 0 Å². The number of aromatic nitrogens is 1. The monoisotopic (exact) mass is 232 g/mol. The molecule has 1 heterocycles. The Kier molecular flexibility index (Phi) is 3.19. The standard InChI is InChI=1S/C13H16N2O2/c1-9-7-12(16)15(13(17)11(9)8-14)10-5-3-2-4-6-10/h7,10,17H,2-6H2,1H3. The van der Waals surface area contributed by atoms with E-state index in [2.05, 4.69) is 0 Å². The quantitative estimate of drug-likeness (QED) is 0.807. The molecular weight excluding hydrogens is 216 g/mol. The van der Waals surface area contributed by atoms with Gasteiger partial charge in [-0.15, -0.1) is 0 Å². The molecule has 1 aromatic heterocycles. The van der Waals surface area contributed by atoms with Gasteiger partial charge in [-0.1, -0.05) is 19.3 Å². The second-order valence-corrected chi connectivity index (χ2v) is 4.64. The van der Waals surface area contributed by atoms with Crippen LogP contribution >= 0.6 is 0 Å². The van der Waals surface area contributed by atoms with Gasteiger partial charge >= 0.3 is 0 Å². The summed E-state index contributed by atoms with van der Waals surface area (Å²) in [6, 6.07) is 3.44. The molecule has 0 unspecified atom stereocenters. The maximum Gasteiger partial charge on any atom is 0.253 e. The number of hydrogen-bond donors (Lipinski definition) is 1. The normalized spacial score (nSPS) is 16.7. The summed E-state index contributed by atoms with van der Waals surface area (Å²) in [5.41, 5.74) is 0.558. The molecule has 0 amide bonds. The molecule has 0 atom stereocenters. The van der Waals surface area contributed by atoms with Crippen molar-refractivity contribution in [3.05, 3.63) is 27.5 Å². The van der Waals surface area contributed by atoms with E-state index in [1.807, 2.05) is 6.07 Å². The van der Waals surface area contributed by atoms with Crippen molar-refractivity contribution in [3.63, 3.8) is 0 Å². The van der Waals surface area contributed by atoms with Crippen LogP contribution in [0.2, 0.25) is 0 Å². The molecule has 1 aliphatic carbocycles. The van der Waals surface area contributed by atoms with Crippen LogP contribution in [-0.2, 0) is 0 Å². The van der Waals surface area contributed by atoms with Crippen molar-refractivity contribution in [2.45, 2.75) is 45.1 Å². The third-order valence-corrected chi connectivity index (χ3v) is 3.48. The number of pyridine rings is 1. The molecule has 90 valence electrons. The third-order valence-electron chi connectivity index (χ3n) is 3.48. The van der Waals surface area contributed by atoms with Gasteiger partial charge in [0.25, 0.3) is 5.56 Å². The average molecular weight is 232 g/mol. The molecule has 4 nitrogen and oxygen atoms in total. The van der Waals surface area contributed by atoms with E-state index in [4.69, 9.17) is 5.26 Å². The Labute approximate surface area is 100 Å². The van der Waals surface area contributed by atoms with Gasteiger partial charge in [-0.25, -0.2) is 0 Å². The lowest BCUT2D eigenvalue weighted by Gasteiger charge is -2.25. The van der Waals surface area contributed by atoms with Crippen LogP contribution < -0.4 is 5.56 Å². The molecule has 4 heteroatoms. The van der Waals surface area contributed by atoms with Gasteiger partial charge in [0.1, 0.15) is 11.6 Å². The lowest BCUT2D eigenvalue weighted by Crippen LogP contribution is -2.26. The van der Waals surface area contributed by atoms with Crippen molar-refractivity contribution in [2.24, 2.45) is 0 Å². The molecule has 0 saturated heterocycles. The second-order valence-electron chi connectivity index (χ2n) is 4.64. The highest BCUT2D eigenvalue weighted by atomic mass is 16.3. The average Bonchev–Trinajstić information content (AvgIpc) is 2.30. The van der Waals surface area contributed by atoms with Gasteiger partial charge in [0, 0.05) is 12.1 Å². The van der Waals surface area contributed by atoms with E-state index < -0.39 is 0 Å². The lowest BCUT2D eigenvalue weighted by molar-refractivity contribution is 0.302. The van der Waals surface area contributed by atoms with Crippen molar-refractivity contribution in [1.29, 1.82) is 5.26 Å². The van der Waals surface area contributed by atoms with Crippen molar-refractivity contribution in [1.82, 2.24) is 4.57 Å². The molecule has 2 rings (SSSR count). The zero-order chi connectivity index (χ0) is 12.4. The highest BCUT2D eigenvalue weighted by molar-refractivity contribution is 5.44. The maximum absolute atomic E-state index is 11.9.